The maximum absolute atomic E-state index is 13.6. The largest absolute Gasteiger partial charge is 0.496 e. The molecule has 1 amide bonds. The fourth-order valence-electron chi connectivity index (χ4n) is 4.36. The topological polar surface area (TPSA) is 59.9 Å². The van der Waals surface area contributed by atoms with Crippen LogP contribution < -0.4 is 14.8 Å². The van der Waals surface area contributed by atoms with Crippen LogP contribution >= 0.6 is 27.3 Å². The lowest BCUT2D eigenvalue weighted by Gasteiger charge is -2.12. The van der Waals surface area contributed by atoms with Gasteiger partial charge in [0, 0.05) is 28.4 Å². The second kappa shape index (κ2) is 11.4. The number of aliphatic imine (C=N–C) groups is 1. The van der Waals surface area contributed by atoms with Gasteiger partial charge in [0.25, 0.3) is 5.91 Å². The molecule has 0 saturated heterocycles. The average Bonchev–Trinajstić information content (AvgIpc) is 3.16. The molecule has 1 aliphatic carbocycles. The number of anilines is 1. The van der Waals surface area contributed by atoms with Gasteiger partial charge in [0.1, 0.15) is 16.5 Å². The number of amides is 1. The van der Waals surface area contributed by atoms with Gasteiger partial charge in [-0.2, -0.15) is 0 Å². The van der Waals surface area contributed by atoms with Crippen LogP contribution in [-0.2, 0) is 12.8 Å². The van der Waals surface area contributed by atoms with Crippen molar-refractivity contribution in [3.8, 4) is 11.5 Å². The van der Waals surface area contributed by atoms with Gasteiger partial charge in [0.15, 0.2) is 0 Å². The molecule has 0 atom stereocenters. The summed E-state index contributed by atoms with van der Waals surface area (Å²) in [5.41, 5.74) is 5.83. The van der Waals surface area contributed by atoms with E-state index in [0.717, 1.165) is 57.5 Å². The normalized spacial score (nSPS) is 13.7. The Morgan fingerprint density at radius 1 is 1.00 bits per heavy atom. The minimum absolute atomic E-state index is 0.0960. The van der Waals surface area contributed by atoms with Gasteiger partial charge in [0.05, 0.1) is 24.3 Å². The highest BCUT2D eigenvalue weighted by Crippen LogP contribution is 2.40. The molecule has 35 heavy (non-hydrogen) atoms. The molecule has 184 valence electrons. The van der Waals surface area contributed by atoms with Gasteiger partial charge >= 0.3 is 0 Å². The number of methoxy groups -OCH3 is 2. The molecule has 1 N–H and O–H groups in total. The molecule has 5 nitrogen and oxygen atoms in total. The van der Waals surface area contributed by atoms with Gasteiger partial charge in [-0.3, -0.25) is 4.79 Å². The molecule has 0 saturated carbocycles. The predicted octanol–water partition coefficient (Wildman–Crippen LogP) is 7.81. The van der Waals surface area contributed by atoms with Crippen molar-refractivity contribution < 1.29 is 14.3 Å². The Bertz CT molecular complexity index is 1270. The number of nitrogens with one attached hydrogen (secondary N) is 1. The molecule has 0 unspecified atom stereocenters. The van der Waals surface area contributed by atoms with E-state index >= 15 is 0 Å². The van der Waals surface area contributed by atoms with E-state index in [1.54, 1.807) is 31.8 Å². The van der Waals surface area contributed by atoms with E-state index in [1.165, 1.54) is 23.3 Å². The lowest BCUT2D eigenvalue weighted by Crippen LogP contribution is -2.14. The molecule has 0 aliphatic heterocycles. The van der Waals surface area contributed by atoms with Crippen molar-refractivity contribution in [1.29, 1.82) is 0 Å². The first kappa shape index (κ1) is 25.5. The number of carbonyl (C=O) groups excluding carboxylic acids is 1. The second-order valence-corrected chi connectivity index (χ2v) is 10.8. The standard InChI is InChI=1S/C28H31BrN2O3S/c1-17-11-12-20(13-18(17)2)31-27(32)26-21-9-7-5-6-8-10-25(21)35-28(26)30-16-19-14-22(29)24(34-4)15-23(19)33-3/h11-16H,5-10H2,1-4H3,(H,31,32). The van der Waals surface area contributed by atoms with Crippen LogP contribution in [0.15, 0.2) is 39.8 Å². The Labute approximate surface area is 219 Å². The number of thiophene rings is 1. The summed E-state index contributed by atoms with van der Waals surface area (Å²) < 4.78 is 11.8. The highest BCUT2D eigenvalue weighted by atomic mass is 79.9. The summed E-state index contributed by atoms with van der Waals surface area (Å²) in [5, 5.41) is 3.87. The van der Waals surface area contributed by atoms with Crippen LogP contribution in [0.4, 0.5) is 10.7 Å². The first-order chi connectivity index (χ1) is 16.9. The first-order valence-corrected chi connectivity index (χ1v) is 13.5. The molecule has 1 aliphatic rings. The number of hydrogen-bond acceptors (Lipinski definition) is 5. The molecule has 0 radical (unpaired) electrons. The third-order valence-electron chi connectivity index (χ3n) is 6.47. The van der Waals surface area contributed by atoms with E-state index in [4.69, 9.17) is 14.5 Å². The number of fused-ring (bicyclic) bond motifs is 1. The number of hydrogen-bond donors (Lipinski definition) is 1. The van der Waals surface area contributed by atoms with E-state index in [-0.39, 0.29) is 5.91 Å². The predicted molar refractivity (Wildman–Crippen MR) is 149 cm³/mol. The second-order valence-electron chi connectivity index (χ2n) is 8.84. The van der Waals surface area contributed by atoms with E-state index < -0.39 is 0 Å². The molecule has 7 heteroatoms. The number of benzene rings is 2. The molecular formula is C28H31BrN2O3S. The Kier molecular flexibility index (Phi) is 8.29. The van der Waals surface area contributed by atoms with E-state index in [1.807, 2.05) is 30.3 Å². The average molecular weight is 556 g/mol. The number of rotatable bonds is 6. The summed E-state index contributed by atoms with van der Waals surface area (Å²) in [6.45, 7) is 4.13. The Balaban J connectivity index is 1.74. The van der Waals surface area contributed by atoms with Crippen molar-refractivity contribution in [3.05, 3.63) is 67.5 Å². The molecule has 2 aromatic carbocycles. The van der Waals surface area contributed by atoms with Crippen LogP contribution in [0.25, 0.3) is 0 Å². The molecule has 1 aromatic heterocycles. The molecule has 0 fully saturated rings. The van der Waals surface area contributed by atoms with Gasteiger partial charge in [-0.05, 0) is 90.4 Å². The zero-order chi connectivity index (χ0) is 24.9. The van der Waals surface area contributed by atoms with Crippen LogP contribution in [0, 0.1) is 13.8 Å². The lowest BCUT2D eigenvalue weighted by molar-refractivity contribution is 0.102. The van der Waals surface area contributed by atoms with E-state index in [2.05, 4.69) is 35.1 Å². The number of ether oxygens (including phenoxy) is 2. The van der Waals surface area contributed by atoms with E-state index in [9.17, 15) is 4.79 Å². The van der Waals surface area contributed by atoms with Gasteiger partial charge in [-0.25, -0.2) is 4.99 Å². The summed E-state index contributed by atoms with van der Waals surface area (Å²) in [7, 11) is 3.24. The van der Waals surface area contributed by atoms with Gasteiger partial charge in [0.2, 0.25) is 0 Å². The van der Waals surface area contributed by atoms with Crippen LogP contribution in [0.1, 0.15) is 63.2 Å². The zero-order valence-corrected chi connectivity index (χ0v) is 23.1. The van der Waals surface area contributed by atoms with Crippen molar-refractivity contribution in [2.75, 3.05) is 19.5 Å². The first-order valence-electron chi connectivity index (χ1n) is 11.9. The molecule has 4 rings (SSSR count). The van der Waals surface area contributed by atoms with Crippen molar-refractivity contribution in [3.63, 3.8) is 0 Å². The van der Waals surface area contributed by atoms with Crippen molar-refractivity contribution in [2.45, 2.75) is 52.4 Å². The number of halogens is 1. The highest BCUT2D eigenvalue weighted by molar-refractivity contribution is 9.10. The summed E-state index contributed by atoms with van der Waals surface area (Å²) in [5.74, 6) is 1.25. The maximum Gasteiger partial charge on any atom is 0.259 e. The Morgan fingerprint density at radius 3 is 2.46 bits per heavy atom. The smallest absolute Gasteiger partial charge is 0.259 e. The van der Waals surface area contributed by atoms with Crippen molar-refractivity contribution >= 4 is 50.1 Å². The summed E-state index contributed by atoms with van der Waals surface area (Å²) >= 11 is 5.18. The fourth-order valence-corrected chi connectivity index (χ4v) is 6.11. The van der Waals surface area contributed by atoms with Crippen LogP contribution in [0.5, 0.6) is 11.5 Å². The summed E-state index contributed by atoms with van der Waals surface area (Å²) in [4.78, 5) is 19.7. The minimum Gasteiger partial charge on any atom is -0.496 e. The summed E-state index contributed by atoms with van der Waals surface area (Å²) in [6.07, 6.45) is 8.35. The monoisotopic (exact) mass is 554 g/mol. The summed E-state index contributed by atoms with van der Waals surface area (Å²) in [6, 6.07) is 9.76. The number of nitrogens with zero attached hydrogens (tertiary/aromatic N) is 1. The number of aryl methyl sites for hydroxylation is 3. The van der Waals surface area contributed by atoms with Crippen LogP contribution in [-0.4, -0.2) is 26.3 Å². The molecule has 0 bridgehead atoms. The minimum atomic E-state index is -0.0960. The molecule has 0 spiro atoms. The van der Waals surface area contributed by atoms with Gasteiger partial charge < -0.3 is 14.8 Å². The quantitative estimate of drug-likeness (QED) is 0.316. The van der Waals surface area contributed by atoms with Gasteiger partial charge in [-0.15, -0.1) is 11.3 Å². The van der Waals surface area contributed by atoms with Crippen molar-refractivity contribution in [1.82, 2.24) is 0 Å². The Morgan fingerprint density at radius 2 is 1.74 bits per heavy atom. The molecule has 3 aromatic rings. The third-order valence-corrected chi connectivity index (χ3v) is 8.29. The SMILES string of the molecule is COc1cc(OC)c(C=Nc2sc3c(c2C(=O)Nc2ccc(C)c(C)c2)CCCCCC3)cc1Br. The molecule has 1 heterocycles. The maximum atomic E-state index is 13.6. The lowest BCUT2D eigenvalue weighted by atomic mass is 9.96. The highest BCUT2D eigenvalue weighted by Gasteiger charge is 2.24. The third kappa shape index (κ3) is 5.78. The Hall–Kier alpha value is -2.64. The number of carbonyl (C=O) groups is 1. The van der Waals surface area contributed by atoms with Crippen LogP contribution in [0.3, 0.4) is 0 Å². The molecular weight excluding hydrogens is 524 g/mol. The fraction of sp³-hybridized carbons (Fsp3) is 0.357. The van der Waals surface area contributed by atoms with Crippen LogP contribution in [0.2, 0.25) is 0 Å². The van der Waals surface area contributed by atoms with Gasteiger partial charge in [-0.1, -0.05) is 18.9 Å². The van der Waals surface area contributed by atoms with E-state index in [0.29, 0.717) is 17.1 Å². The van der Waals surface area contributed by atoms with Crippen molar-refractivity contribution in [2.24, 2.45) is 4.99 Å². The zero-order valence-electron chi connectivity index (χ0n) is 20.7.